The second kappa shape index (κ2) is 8.35. The van der Waals surface area contributed by atoms with Crippen molar-refractivity contribution in [3.63, 3.8) is 0 Å². The molecule has 0 unspecified atom stereocenters. The zero-order valence-corrected chi connectivity index (χ0v) is 11.8. The van der Waals surface area contributed by atoms with Crippen molar-refractivity contribution in [2.75, 3.05) is 20.1 Å². The predicted octanol–water partition coefficient (Wildman–Crippen LogP) is 1.01. The van der Waals surface area contributed by atoms with Crippen molar-refractivity contribution in [2.24, 2.45) is 16.5 Å². The third-order valence-electron chi connectivity index (χ3n) is 2.07. The minimum Gasteiger partial charge on any atom is -0.370 e. The maximum Gasteiger partial charge on any atom is 0.185 e. The fourth-order valence-electron chi connectivity index (χ4n) is 1.32. The van der Waals surface area contributed by atoms with E-state index in [1.165, 1.54) is 5.56 Å². The Labute approximate surface area is 114 Å². The summed E-state index contributed by atoms with van der Waals surface area (Å²) >= 11 is 0. The van der Waals surface area contributed by atoms with Gasteiger partial charge in [0.25, 0.3) is 0 Å². The van der Waals surface area contributed by atoms with Crippen LogP contribution in [0.1, 0.15) is 5.56 Å². The Morgan fingerprint density at radius 2 is 1.88 bits per heavy atom. The largest absolute Gasteiger partial charge is 0.370 e. The van der Waals surface area contributed by atoms with Gasteiger partial charge in [0.2, 0.25) is 0 Å². The number of hydrogen-bond acceptors (Lipinski definition) is 2. The Hall–Kier alpha value is -0.820. The summed E-state index contributed by atoms with van der Waals surface area (Å²) in [7, 11) is 2.05. The lowest BCUT2D eigenvalue weighted by Gasteiger charge is -2.15. The molecule has 4 nitrogen and oxygen atoms in total. The molecule has 1 aromatic carbocycles. The van der Waals surface area contributed by atoms with Crippen molar-refractivity contribution < 1.29 is 0 Å². The highest BCUT2D eigenvalue weighted by Gasteiger charge is 1.98. The topological polar surface area (TPSA) is 67.6 Å². The molecule has 0 heterocycles. The highest BCUT2D eigenvalue weighted by molar-refractivity contribution is 14.0. The third kappa shape index (κ3) is 6.62. The molecule has 5 heteroatoms. The molecular formula is C11H19IN4. The van der Waals surface area contributed by atoms with Crippen LogP contribution in [-0.4, -0.2) is 31.0 Å². The molecule has 90 valence electrons. The SMILES string of the molecule is CN(CCN=C(N)N)Cc1ccccc1.I. The average molecular weight is 334 g/mol. The first-order valence-corrected chi connectivity index (χ1v) is 4.96. The minimum atomic E-state index is 0. The highest BCUT2D eigenvalue weighted by Crippen LogP contribution is 2.01. The van der Waals surface area contributed by atoms with E-state index in [1.54, 1.807) is 0 Å². The molecule has 16 heavy (non-hydrogen) atoms. The fourth-order valence-corrected chi connectivity index (χ4v) is 1.32. The van der Waals surface area contributed by atoms with Crippen molar-refractivity contribution in [1.29, 1.82) is 0 Å². The van der Waals surface area contributed by atoms with Crippen LogP contribution in [0.25, 0.3) is 0 Å². The fraction of sp³-hybridized carbons (Fsp3) is 0.364. The van der Waals surface area contributed by atoms with Crippen LogP contribution in [0.4, 0.5) is 0 Å². The summed E-state index contributed by atoms with van der Waals surface area (Å²) in [6.45, 7) is 2.42. The number of hydrogen-bond donors (Lipinski definition) is 2. The van der Waals surface area contributed by atoms with Gasteiger partial charge in [0.1, 0.15) is 0 Å². The van der Waals surface area contributed by atoms with Gasteiger partial charge < -0.3 is 16.4 Å². The van der Waals surface area contributed by atoms with E-state index in [1.807, 2.05) is 18.2 Å². The van der Waals surface area contributed by atoms with Gasteiger partial charge in [-0.1, -0.05) is 30.3 Å². The van der Waals surface area contributed by atoms with E-state index >= 15 is 0 Å². The summed E-state index contributed by atoms with van der Waals surface area (Å²) in [5.41, 5.74) is 11.8. The van der Waals surface area contributed by atoms with E-state index < -0.39 is 0 Å². The number of nitrogens with two attached hydrogens (primary N) is 2. The number of aliphatic imine (C=N–C) groups is 1. The molecule has 0 amide bonds. The zero-order chi connectivity index (χ0) is 11.1. The summed E-state index contributed by atoms with van der Waals surface area (Å²) in [4.78, 5) is 6.12. The first-order chi connectivity index (χ1) is 7.18. The van der Waals surface area contributed by atoms with Gasteiger partial charge in [0.05, 0.1) is 6.54 Å². The Kier molecular flexibility index (Phi) is 7.92. The van der Waals surface area contributed by atoms with E-state index in [9.17, 15) is 0 Å². The number of rotatable bonds is 5. The number of nitrogens with zero attached hydrogens (tertiary/aromatic N) is 2. The lowest BCUT2D eigenvalue weighted by atomic mass is 10.2. The van der Waals surface area contributed by atoms with E-state index in [0.717, 1.165) is 13.1 Å². The summed E-state index contributed by atoms with van der Waals surface area (Å²) in [5, 5.41) is 0. The van der Waals surface area contributed by atoms with Crippen LogP contribution in [0.5, 0.6) is 0 Å². The van der Waals surface area contributed by atoms with Crippen LogP contribution < -0.4 is 11.5 Å². The van der Waals surface area contributed by atoms with Crippen LogP contribution in [-0.2, 0) is 6.54 Å². The molecule has 0 aromatic heterocycles. The van der Waals surface area contributed by atoms with Crippen molar-refractivity contribution in [3.05, 3.63) is 35.9 Å². The second-order valence-electron chi connectivity index (χ2n) is 3.53. The van der Waals surface area contributed by atoms with E-state index in [4.69, 9.17) is 11.5 Å². The van der Waals surface area contributed by atoms with Gasteiger partial charge in [-0.3, -0.25) is 4.99 Å². The molecule has 0 saturated heterocycles. The Bertz CT molecular complexity index is 309. The molecule has 0 aliphatic rings. The van der Waals surface area contributed by atoms with Crippen LogP contribution in [0.2, 0.25) is 0 Å². The van der Waals surface area contributed by atoms with Crippen molar-refractivity contribution in [3.8, 4) is 0 Å². The van der Waals surface area contributed by atoms with Gasteiger partial charge in [-0.05, 0) is 12.6 Å². The Morgan fingerprint density at radius 3 is 2.44 bits per heavy atom. The maximum absolute atomic E-state index is 5.24. The minimum absolute atomic E-state index is 0. The lowest BCUT2D eigenvalue weighted by molar-refractivity contribution is 0.336. The normalized spacial score (nSPS) is 9.62. The molecule has 0 fully saturated rings. The van der Waals surface area contributed by atoms with Gasteiger partial charge in [0, 0.05) is 13.1 Å². The molecule has 0 atom stereocenters. The summed E-state index contributed by atoms with van der Waals surface area (Å²) in [5.74, 6) is 0.156. The molecule has 0 aliphatic carbocycles. The number of guanidine groups is 1. The molecule has 1 rings (SSSR count). The Balaban J connectivity index is 0.00000225. The molecule has 4 N–H and O–H groups in total. The zero-order valence-electron chi connectivity index (χ0n) is 9.47. The lowest BCUT2D eigenvalue weighted by Crippen LogP contribution is -2.26. The predicted molar refractivity (Wildman–Crippen MR) is 78.9 cm³/mol. The maximum atomic E-state index is 5.24. The summed E-state index contributed by atoms with van der Waals surface area (Å²) in [6, 6.07) is 10.3. The number of likely N-dealkylation sites (N-methyl/N-ethyl adjacent to an activating group) is 1. The number of halogens is 1. The summed E-state index contributed by atoms with van der Waals surface area (Å²) in [6.07, 6.45) is 0. The molecule has 0 radical (unpaired) electrons. The van der Waals surface area contributed by atoms with Gasteiger partial charge in [0.15, 0.2) is 5.96 Å². The first-order valence-electron chi connectivity index (χ1n) is 4.96. The number of benzene rings is 1. The van der Waals surface area contributed by atoms with E-state index in [0.29, 0.717) is 6.54 Å². The van der Waals surface area contributed by atoms with Crippen LogP contribution in [0.15, 0.2) is 35.3 Å². The molecular weight excluding hydrogens is 315 g/mol. The second-order valence-corrected chi connectivity index (χ2v) is 3.53. The monoisotopic (exact) mass is 334 g/mol. The van der Waals surface area contributed by atoms with E-state index in [-0.39, 0.29) is 29.9 Å². The first kappa shape index (κ1) is 15.2. The van der Waals surface area contributed by atoms with Crippen molar-refractivity contribution >= 4 is 29.9 Å². The molecule has 1 aromatic rings. The summed E-state index contributed by atoms with van der Waals surface area (Å²) < 4.78 is 0. The molecule has 0 saturated carbocycles. The van der Waals surface area contributed by atoms with Gasteiger partial charge in [-0.25, -0.2) is 0 Å². The van der Waals surface area contributed by atoms with Gasteiger partial charge >= 0.3 is 0 Å². The van der Waals surface area contributed by atoms with Crippen LogP contribution >= 0.6 is 24.0 Å². The van der Waals surface area contributed by atoms with Gasteiger partial charge in [-0.15, -0.1) is 24.0 Å². The third-order valence-corrected chi connectivity index (χ3v) is 2.07. The van der Waals surface area contributed by atoms with Gasteiger partial charge in [-0.2, -0.15) is 0 Å². The van der Waals surface area contributed by atoms with Crippen molar-refractivity contribution in [1.82, 2.24) is 4.90 Å². The molecule has 0 spiro atoms. The quantitative estimate of drug-likeness (QED) is 0.480. The van der Waals surface area contributed by atoms with Crippen LogP contribution in [0.3, 0.4) is 0 Å². The van der Waals surface area contributed by atoms with E-state index in [2.05, 4.69) is 29.1 Å². The molecule has 0 bridgehead atoms. The molecule has 0 aliphatic heterocycles. The average Bonchev–Trinajstić information content (AvgIpc) is 2.18. The highest BCUT2D eigenvalue weighted by atomic mass is 127. The Morgan fingerprint density at radius 1 is 1.25 bits per heavy atom. The van der Waals surface area contributed by atoms with Crippen LogP contribution in [0, 0.1) is 0 Å². The smallest absolute Gasteiger partial charge is 0.185 e. The standard InChI is InChI=1S/C11H18N4.HI/c1-15(8-7-14-11(12)13)9-10-5-3-2-4-6-10;/h2-6H,7-9H2,1H3,(H4,12,13,14);1H. The van der Waals surface area contributed by atoms with Crippen molar-refractivity contribution in [2.45, 2.75) is 6.54 Å².